The Kier molecular flexibility index (Phi) is 8.68. The number of aliphatic imine (C=N–C) groups is 1. The van der Waals surface area contributed by atoms with Crippen LogP contribution in [0.2, 0.25) is 0 Å². The average Bonchev–Trinajstić information content (AvgIpc) is 2.97. The van der Waals surface area contributed by atoms with Gasteiger partial charge in [0.15, 0.2) is 5.96 Å². The van der Waals surface area contributed by atoms with Crippen molar-refractivity contribution in [2.24, 2.45) is 4.99 Å². The first kappa shape index (κ1) is 21.2. The van der Waals surface area contributed by atoms with E-state index in [-0.39, 0.29) is 6.09 Å². The molecule has 0 unspecified atom stereocenters. The fourth-order valence-electron chi connectivity index (χ4n) is 1.86. The van der Waals surface area contributed by atoms with Crippen LogP contribution in [0.1, 0.15) is 57.7 Å². The first-order valence-corrected chi connectivity index (χ1v) is 9.45. The van der Waals surface area contributed by atoms with Crippen molar-refractivity contribution in [2.75, 3.05) is 20.1 Å². The Labute approximate surface area is 154 Å². The lowest BCUT2D eigenvalue weighted by Gasteiger charge is -2.19. The maximum absolute atomic E-state index is 11.5. The fraction of sp³-hybridized carbons (Fsp3) is 0.706. The summed E-state index contributed by atoms with van der Waals surface area (Å²) < 4.78 is 5.18. The van der Waals surface area contributed by atoms with Crippen LogP contribution >= 0.6 is 11.3 Å². The second-order valence-corrected chi connectivity index (χ2v) is 7.86. The highest BCUT2D eigenvalue weighted by Crippen LogP contribution is 2.18. The molecule has 8 heteroatoms. The van der Waals surface area contributed by atoms with Crippen LogP contribution in [0.5, 0.6) is 0 Å². The average molecular weight is 370 g/mol. The van der Waals surface area contributed by atoms with E-state index in [9.17, 15) is 4.79 Å². The molecule has 0 spiro atoms. The number of hydrogen-bond donors (Lipinski definition) is 3. The molecule has 0 bridgehead atoms. The van der Waals surface area contributed by atoms with Gasteiger partial charge >= 0.3 is 6.09 Å². The van der Waals surface area contributed by atoms with E-state index in [0.29, 0.717) is 25.6 Å². The van der Waals surface area contributed by atoms with Gasteiger partial charge in [0.05, 0.1) is 17.2 Å². The molecule has 1 amide bonds. The van der Waals surface area contributed by atoms with Gasteiger partial charge in [0.2, 0.25) is 0 Å². The molecular formula is C17H31N5O2S. The first-order valence-electron chi connectivity index (χ1n) is 8.57. The summed E-state index contributed by atoms with van der Waals surface area (Å²) in [4.78, 5) is 20.3. The molecule has 1 heterocycles. The van der Waals surface area contributed by atoms with Crippen LogP contribution in [0.4, 0.5) is 4.79 Å². The minimum Gasteiger partial charge on any atom is -0.444 e. The van der Waals surface area contributed by atoms with Gasteiger partial charge in [-0.05, 0) is 27.2 Å². The summed E-state index contributed by atoms with van der Waals surface area (Å²) in [5, 5.41) is 12.4. The van der Waals surface area contributed by atoms with E-state index in [1.807, 2.05) is 20.8 Å². The number of thiazole rings is 1. The number of hydrogen-bond acceptors (Lipinski definition) is 5. The molecule has 0 fully saturated rings. The van der Waals surface area contributed by atoms with E-state index in [2.05, 4.69) is 45.2 Å². The standard InChI is InChI=1S/C17H31N5O2S/c1-12(2)14-22-13(11-25-14)10-21-15(18-6)19-8-7-9-20-16(23)24-17(3,4)5/h11-12H,7-10H2,1-6H3,(H,20,23)(H2,18,19,21). The molecule has 3 N–H and O–H groups in total. The van der Waals surface area contributed by atoms with Gasteiger partial charge in [0.25, 0.3) is 0 Å². The van der Waals surface area contributed by atoms with Gasteiger partial charge in [-0.2, -0.15) is 0 Å². The minimum absolute atomic E-state index is 0.389. The largest absolute Gasteiger partial charge is 0.444 e. The number of guanidine groups is 1. The highest BCUT2D eigenvalue weighted by atomic mass is 32.1. The van der Waals surface area contributed by atoms with Gasteiger partial charge in [-0.15, -0.1) is 11.3 Å². The third-order valence-corrected chi connectivity index (χ3v) is 4.23. The predicted octanol–water partition coefficient (Wildman–Crippen LogP) is 2.85. The van der Waals surface area contributed by atoms with Gasteiger partial charge in [-0.1, -0.05) is 13.8 Å². The Morgan fingerprint density at radius 2 is 1.96 bits per heavy atom. The summed E-state index contributed by atoms with van der Waals surface area (Å²) in [6.07, 6.45) is 0.383. The highest BCUT2D eigenvalue weighted by Gasteiger charge is 2.15. The van der Waals surface area contributed by atoms with Gasteiger partial charge < -0.3 is 20.7 Å². The van der Waals surface area contributed by atoms with E-state index >= 15 is 0 Å². The summed E-state index contributed by atoms with van der Waals surface area (Å²) >= 11 is 1.68. The first-order chi connectivity index (χ1) is 11.7. The topological polar surface area (TPSA) is 87.6 Å². The Morgan fingerprint density at radius 3 is 2.52 bits per heavy atom. The van der Waals surface area contributed by atoms with E-state index in [1.54, 1.807) is 18.4 Å². The number of ether oxygens (including phenoxy) is 1. The summed E-state index contributed by atoms with van der Waals surface area (Å²) in [5.41, 5.74) is 0.544. The van der Waals surface area contributed by atoms with Crippen molar-refractivity contribution in [3.63, 3.8) is 0 Å². The quantitative estimate of drug-likeness (QED) is 0.391. The Morgan fingerprint density at radius 1 is 1.28 bits per heavy atom. The van der Waals surface area contributed by atoms with Crippen molar-refractivity contribution in [1.29, 1.82) is 0 Å². The van der Waals surface area contributed by atoms with Gasteiger partial charge in [0, 0.05) is 31.4 Å². The maximum atomic E-state index is 11.5. The molecule has 7 nitrogen and oxygen atoms in total. The number of carbonyl (C=O) groups excluding carboxylic acids is 1. The lowest BCUT2D eigenvalue weighted by atomic mass is 10.2. The number of alkyl carbamates (subject to hydrolysis) is 1. The summed E-state index contributed by atoms with van der Waals surface area (Å²) in [7, 11) is 1.73. The second kappa shape index (κ2) is 10.2. The Hall–Kier alpha value is -1.83. The van der Waals surface area contributed by atoms with Crippen molar-refractivity contribution >= 4 is 23.4 Å². The molecule has 0 aliphatic carbocycles. The molecule has 0 saturated carbocycles. The molecule has 0 aliphatic heterocycles. The lowest BCUT2D eigenvalue weighted by molar-refractivity contribution is 0.0527. The van der Waals surface area contributed by atoms with Gasteiger partial charge in [-0.25, -0.2) is 9.78 Å². The van der Waals surface area contributed by atoms with Gasteiger partial charge in [-0.3, -0.25) is 4.99 Å². The molecule has 142 valence electrons. The van der Waals surface area contributed by atoms with Gasteiger partial charge in [0.1, 0.15) is 5.60 Å². The summed E-state index contributed by atoms with van der Waals surface area (Å²) in [6.45, 7) is 11.7. The zero-order valence-electron chi connectivity index (χ0n) is 16.1. The number of nitrogens with zero attached hydrogens (tertiary/aromatic N) is 2. The Bertz CT molecular complexity index is 564. The molecule has 1 rings (SSSR count). The van der Waals surface area contributed by atoms with E-state index < -0.39 is 5.60 Å². The predicted molar refractivity (Wildman–Crippen MR) is 103 cm³/mol. The maximum Gasteiger partial charge on any atom is 0.407 e. The van der Waals surface area contributed by atoms with Crippen molar-refractivity contribution in [2.45, 2.75) is 59.1 Å². The number of amides is 1. The van der Waals surface area contributed by atoms with E-state index in [4.69, 9.17) is 4.74 Å². The third-order valence-electron chi connectivity index (χ3n) is 3.04. The van der Waals surface area contributed by atoms with E-state index in [1.165, 1.54) is 0 Å². The molecule has 0 saturated heterocycles. The van der Waals surface area contributed by atoms with Crippen LogP contribution in [0.3, 0.4) is 0 Å². The molecular weight excluding hydrogens is 338 g/mol. The molecule has 1 aromatic heterocycles. The van der Waals surface area contributed by atoms with Crippen LogP contribution in [0.15, 0.2) is 10.4 Å². The molecule has 0 aromatic carbocycles. The number of carbonyl (C=O) groups is 1. The third kappa shape index (κ3) is 9.28. The van der Waals surface area contributed by atoms with E-state index in [0.717, 1.165) is 23.1 Å². The van der Waals surface area contributed by atoms with Crippen molar-refractivity contribution in [1.82, 2.24) is 20.9 Å². The smallest absolute Gasteiger partial charge is 0.407 e. The molecule has 0 atom stereocenters. The Balaban J connectivity index is 2.21. The normalized spacial score (nSPS) is 12.2. The lowest BCUT2D eigenvalue weighted by Crippen LogP contribution is -2.39. The zero-order chi connectivity index (χ0) is 18.9. The number of aromatic nitrogens is 1. The van der Waals surface area contributed by atoms with Crippen molar-refractivity contribution < 1.29 is 9.53 Å². The second-order valence-electron chi connectivity index (χ2n) is 6.97. The minimum atomic E-state index is -0.473. The molecule has 1 aromatic rings. The SMILES string of the molecule is CN=C(NCCCNC(=O)OC(C)(C)C)NCc1csc(C(C)C)n1. The number of nitrogens with one attached hydrogen (secondary N) is 3. The highest BCUT2D eigenvalue weighted by molar-refractivity contribution is 7.09. The molecule has 0 aliphatic rings. The molecule has 25 heavy (non-hydrogen) atoms. The summed E-state index contributed by atoms with van der Waals surface area (Å²) in [6, 6.07) is 0. The van der Waals surface area contributed by atoms with Crippen molar-refractivity contribution in [3.8, 4) is 0 Å². The van der Waals surface area contributed by atoms with Crippen LogP contribution < -0.4 is 16.0 Å². The molecule has 0 radical (unpaired) electrons. The van der Waals surface area contributed by atoms with Crippen LogP contribution in [-0.2, 0) is 11.3 Å². The van der Waals surface area contributed by atoms with Crippen LogP contribution in [0, 0.1) is 0 Å². The number of rotatable bonds is 7. The fourth-order valence-corrected chi connectivity index (χ4v) is 2.70. The summed E-state index contributed by atoms with van der Waals surface area (Å²) in [5.74, 6) is 1.17. The zero-order valence-corrected chi connectivity index (χ0v) is 16.9. The van der Waals surface area contributed by atoms with Crippen LogP contribution in [-0.4, -0.2) is 42.8 Å². The van der Waals surface area contributed by atoms with Crippen LogP contribution in [0.25, 0.3) is 0 Å². The van der Waals surface area contributed by atoms with Crippen molar-refractivity contribution in [3.05, 3.63) is 16.1 Å². The monoisotopic (exact) mass is 369 g/mol.